The second kappa shape index (κ2) is 9.41. The molecule has 1 amide bonds. The molecule has 2 aliphatic rings. The van der Waals surface area contributed by atoms with Crippen molar-refractivity contribution in [2.45, 2.75) is 51.0 Å². The maximum absolute atomic E-state index is 11.5. The van der Waals surface area contributed by atoms with Crippen molar-refractivity contribution >= 4 is 35.8 Å². The fraction of sp³-hybridized carbons (Fsp3) is 0.857. The van der Waals surface area contributed by atoms with E-state index in [0.717, 1.165) is 25.3 Å². The van der Waals surface area contributed by atoms with E-state index >= 15 is 0 Å². The van der Waals surface area contributed by atoms with Gasteiger partial charge in [-0.25, -0.2) is 0 Å². The Morgan fingerprint density at radius 3 is 2.30 bits per heavy atom. The molecule has 20 heavy (non-hydrogen) atoms. The standard InChI is InChI=1S/C14H26N4O.HI/c1-15-14(18-12-5-3-2-4-6-12)17-10-9-16-13(19)11-7-8-11;/h11-12H,2-10H2,1H3,(H,16,19)(H2,15,17,18);1H. The molecule has 116 valence electrons. The van der Waals surface area contributed by atoms with Gasteiger partial charge in [-0.15, -0.1) is 24.0 Å². The first kappa shape index (κ1) is 17.5. The summed E-state index contributed by atoms with van der Waals surface area (Å²) in [6.45, 7) is 1.39. The molecule has 3 N–H and O–H groups in total. The van der Waals surface area contributed by atoms with Gasteiger partial charge in [0.15, 0.2) is 5.96 Å². The Hall–Kier alpha value is -0.530. The third kappa shape index (κ3) is 6.28. The number of carbonyl (C=O) groups excluding carboxylic acids is 1. The van der Waals surface area contributed by atoms with E-state index < -0.39 is 0 Å². The van der Waals surface area contributed by atoms with Gasteiger partial charge in [-0.1, -0.05) is 19.3 Å². The van der Waals surface area contributed by atoms with Gasteiger partial charge < -0.3 is 16.0 Å². The van der Waals surface area contributed by atoms with E-state index in [9.17, 15) is 4.79 Å². The van der Waals surface area contributed by atoms with E-state index in [1.807, 2.05) is 0 Å². The van der Waals surface area contributed by atoms with Gasteiger partial charge in [-0.2, -0.15) is 0 Å². The van der Waals surface area contributed by atoms with Crippen molar-refractivity contribution in [1.82, 2.24) is 16.0 Å². The molecular formula is C14H27IN4O. The van der Waals surface area contributed by atoms with Gasteiger partial charge in [-0.05, 0) is 25.7 Å². The Morgan fingerprint density at radius 2 is 1.70 bits per heavy atom. The molecule has 0 bridgehead atoms. The highest BCUT2D eigenvalue weighted by Gasteiger charge is 2.28. The predicted octanol–water partition coefficient (Wildman–Crippen LogP) is 1.63. The minimum atomic E-state index is 0. The van der Waals surface area contributed by atoms with Gasteiger partial charge in [0.05, 0.1) is 0 Å². The number of aliphatic imine (C=N–C) groups is 1. The zero-order valence-electron chi connectivity index (χ0n) is 12.3. The number of amides is 1. The summed E-state index contributed by atoms with van der Waals surface area (Å²) in [5.41, 5.74) is 0. The van der Waals surface area contributed by atoms with Gasteiger partial charge in [-0.3, -0.25) is 9.79 Å². The van der Waals surface area contributed by atoms with Crippen LogP contribution in [0, 0.1) is 5.92 Å². The summed E-state index contributed by atoms with van der Waals surface area (Å²) >= 11 is 0. The summed E-state index contributed by atoms with van der Waals surface area (Å²) in [4.78, 5) is 15.7. The molecule has 0 saturated heterocycles. The fourth-order valence-electron chi connectivity index (χ4n) is 2.49. The molecule has 0 aromatic carbocycles. The van der Waals surface area contributed by atoms with Crippen LogP contribution in [0.4, 0.5) is 0 Å². The third-order valence-corrected chi connectivity index (χ3v) is 3.83. The van der Waals surface area contributed by atoms with E-state index in [1.54, 1.807) is 7.05 Å². The number of guanidine groups is 1. The van der Waals surface area contributed by atoms with Crippen molar-refractivity contribution in [2.75, 3.05) is 20.1 Å². The molecule has 0 radical (unpaired) electrons. The molecule has 0 heterocycles. The van der Waals surface area contributed by atoms with Crippen LogP contribution in [0.5, 0.6) is 0 Å². The molecule has 0 atom stereocenters. The van der Waals surface area contributed by atoms with Crippen LogP contribution in [-0.2, 0) is 4.79 Å². The normalized spacial score (nSPS) is 19.9. The second-order valence-corrected chi connectivity index (χ2v) is 5.54. The average Bonchev–Trinajstić information content (AvgIpc) is 3.27. The van der Waals surface area contributed by atoms with Crippen molar-refractivity contribution in [2.24, 2.45) is 10.9 Å². The fourth-order valence-corrected chi connectivity index (χ4v) is 2.49. The Morgan fingerprint density at radius 1 is 1.05 bits per heavy atom. The zero-order valence-corrected chi connectivity index (χ0v) is 14.6. The zero-order chi connectivity index (χ0) is 13.5. The number of nitrogens with zero attached hydrogens (tertiary/aromatic N) is 1. The van der Waals surface area contributed by atoms with Crippen LogP contribution in [0.1, 0.15) is 44.9 Å². The molecule has 0 aromatic heterocycles. The molecule has 2 rings (SSSR count). The van der Waals surface area contributed by atoms with Crippen molar-refractivity contribution in [1.29, 1.82) is 0 Å². The second-order valence-electron chi connectivity index (χ2n) is 5.54. The van der Waals surface area contributed by atoms with Crippen LogP contribution in [0.3, 0.4) is 0 Å². The summed E-state index contributed by atoms with van der Waals surface area (Å²) in [5.74, 6) is 1.35. The van der Waals surface area contributed by atoms with E-state index in [-0.39, 0.29) is 29.9 Å². The van der Waals surface area contributed by atoms with Gasteiger partial charge in [0.25, 0.3) is 0 Å². The molecule has 0 aliphatic heterocycles. The minimum Gasteiger partial charge on any atom is -0.355 e. The molecule has 2 aliphatic carbocycles. The van der Waals surface area contributed by atoms with Gasteiger partial charge in [0.2, 0.25) is 5.91 Å². The van der Waals surface area contributed by atoms with Crippen molar-refractivity contribution in [3.05, 3.63) is 0 Å². The maximum Gasteiger partial charge on any atom is 0.223 e. The highest BCUT2D eigenvalue weighted by atomic mass is 127. The smallest absolute Gasteiger partial charge is 0.223 e. The van der Waals surface area contributed by atoms with E-state index in [2.05, 4.69) is 20.9 Å². The third-order valence-electron chi connectivity index (χ3n) is 3.83. The Labute approximate surface area is 138 Å². The molecule has 5 nitrogen and oxygen atoms in total. The van der Waals surface area contributed by atoms with E-state index in [1.165, 1.54) is 32.1 Å². The summed E-state index contributed by atoms with van der Waals surface area (Å²) in [5, 5.41) is 9.65. The van der Waals surface area contributed by atoms with Crippen LogP contribution in [0.15, 0.2) is 4.99 Å². The molecule has 2 fully saturated rings. The quantitative estimate of drug-likeness (QED) is 0.288. The molecular weight excluding hydrogens is 367 g/mol. The summed E-state index contributed by atoms with van der Waals surface area (Å²) in [6, 6.07) is 0.556. The van der Waals surface area contributed by atoms with Crippen molar-refractivity contribution < 1.29 is 4.79 Å². The molecule has 0 aromatic rings. The average molecular weight is 394 g/mol. The van der Waals surface area contributed by atoms with Crippen LogP contribution in [0.25, 0.3) is 0 Å². The van der Waals surface area contributed by atoms with Crippen LogP contribution < -0.4 is 16.0 Å². The van der Waals surface area contributed by atoms with E-state index in [0.29, 0.717) is 18.5 Å². The first-order valence-electron chi connectivity index (χ1n) is 7.54. The SMILES string of the molecule is CN=C(NCCNC(=O)C1CC1)NC1CCCCC1.I. The van der Waals surface area contributed by atoms with Crippen molar-refractivity contribution in [3.8, 4) is 0 Å². The van der Waals surface area contributed by atoms with Gasteiger partial charge >= 0.3 is 0 Å². The van der Waals surface area contributed by atoms with Crippen molar-refractivity contribution in [3.63, 3.8) is 0 Å². The first-order valence-corrected chi connectivity index (χ1v) is 7.54. The van der Waals surface area contributed by atoms with Gasteiger partial charge in [0.1, 0.15) is 0 Å². The Bertz CT molecular complexity index is 325. The maximum atomic E-state index is 11.5. The van der Waals surface area contributed by atoms with E-state index in [4.69, 9.17) is 0 Å². The molecule has 6 heteroatoms. The van der Waals surface area contributed by atoms with Crippen LogP contribution in [-0.4, -0.2) is 38.0 Å². The summed E-state index contributed by atoms with van der Waals surface area (Å²) < 4.78 is 0. The highest BCUT2D eigenvalue weighted by molar-refractivity contribution is 14.0. The molecule has 0 spiro atoms. The first-order chi connectivity index (χ1) is 9.29. The lowest BCUT2D eigenvalue weighted by molar-refractivity contribution is -0.122. The largest absolute Gasteiger partial charge is 0.355 e. The Kier molecular flexibility index (Phi) is 8.25. The minimum absolute atomic E-state index is 0. The van der Waals surface area contributed by atoms with Crippen LogP contribution >= 0.6 is 24.0 Å². The molecule has 2 saturated carbocycles. The lowest BCUT2D eigenvalue weighted by Crippen LogP contribution is -2.46. The summed E-state index contributed by atoms with van der Waals surface area (Å²) in [6.07, 6.45) is 8.57. The van der Waals surface area contributed by atoms with Crippen LogP contribution in [0.2, 0.25) is 0 Å². The number of carbonyl (C=O) groups is 1. The highest BCUT2D eigenvalue weighted by Crippen LogP contribution is 2.28. The summed E-state index contributed by atoms with van der Waals surface area (Å²) in [7, 11) is 1.79. The number of hydrogen-bond acceptors (Lipinski definition) is 2. The Balaban J connectivity index is 0.00000200. The number of rotatable bonds is 5. The number of halogens is 1. The predicted molar refractivity (Wildman–Crippen MR) is 92.5 cm³/mol. The topological polar surface area (TPSA) is 65.5 Å². The number of hydrogen-bond donors (Lipinski definition) is 3. The lowest BCUT2D eigenvalue weighted by atomic mass is 9.96. The number of nitrogens with one attached hydrogen (secondary N) is 3. The van der Waals surface area contributed by atoms with Gasteiger partial charge in [0, 0.05) is 32.1 Å². The molecule has 0 unspecified atom stereocenters. The monoisotopic (exact) mass is 394 g/mol. The lowest BCUT2D eigenvalue weighted by Gasteiger charge is -2.24.